The van der Waals surface area contributed by atoms with Crippen LogP contribution in [0.3, 0.4) is 0 Å². The fourth-order valence-corrected chi connectivity index (χ4v) is 3.64. The Bertz CT molecular complexity index is 710. The molecule has 2 atom stereocenters. The van der Waals surface area contributed by atoms with Crippen molar-refractivity contribution in [3.8, 4) is 5.88 Å². The smallest absolute Gasteiger partial charge is 0.270 e. The normalized spacial score (nSPS) is 18.4. The molecule has 1 saturated heterocycles. The number of hydrogen-bond acceptors (Lipinski definition) is 6. The highest BCUT2D eigenvalue weighted by Crippen LogP contribution is 2.34. The fraction of sp³-hybridized carbons (Fsp3) is 0.739. The number of rotatable bonds is 14. The molecule has 1 saturated carbocycles. The van der Waals surface area contributed by atoms with Crippen molar-refractivity contribution in [2.75, 3.05) is 51.6 Å². The lowest BCUT2D eigenvalue weighted by atomic mass is 10.0. The summed E-state index contributed by atoms with van der Waals surface area (Å²) >= 11 is 0. The lowest BCUT2D eigenvalue weighted by Crippen LogP contribution is -2.52. The van der Waals surface area contributed by atoms with Crippen molar-refractivity contribution < 1.29 is 23.4 Å². The summed E-state index contributed by atoms with van der Waals surface area (Å²) in [6, 6.07) is 3.65. The van der Waals surface area contributed by atoms with Crippen LogP contribution in [-0.4, -0.2) is 69.7 Å². The number of hydrogen-bond donors (Lipinski definition) is 1. The molecular formula is C23H36FN3O4. The van der Waals surface area contributed by atoms with E-state index in [9.17, 15) is 9.18 Å². The molecule has 0 aromatic carbocycles. The quantitative estimate of drug-likeness (QED) is 0.451. The van der Waals surface area contributed by atoms with Gasteiger partial charge < -0.3 is 24.4 Å². The number of ether oxygens (including phenoxy) is 3. The number of methoxy groups -OCH3 is 1. The number of halogens is 1. The van der Waals surface area contributed by atoms with Crippen LogP contribution in [0.2, 0.25) is 0 Å². The molecule has 1 N–H and O–H groups in total. The molecule has 2 heterocycles. The van der Waals surface area contributed by atoms with Crippen LogP contribution in [0.5, 0.6) is 5.88 Å². The summed E-state index contributed by atoms with van der Waals surface area (Å²) in [6.45, 7) is 6.91. The number of pyridine rings is 1. The SMILES string of the molecule is COC1CN(c2ccc(C(=O)N[C@@H](C)CC(C)COCCCF)nc2OCC2CC2)C1. The van der Waals surface area contributed by atoms with Gasteiger partial charge in [0, 0.05) is 39.5 Å². The maximum atomic E-state index is 12.8. The molecule has 3 rings (SSSR count). The number of nitrogens with zero attached hydrogens (tertiary/aromatic N) is 2. The van der Waals surface area contributed by atoms with Crippen LogP contribution in [0.25, 0.3) is 0 Å². The molecular weight excluding hydrogens is 401 g/mol. The minimum atomic E-state index is -0.357. The minimum absolute atomic E-state index is 0.0255. The number of aromatic nitrogens is 1. The molecule has 1 aromatic rings. The maximum absolute atomic E-state index is 12.8. The molecule has 0 bridgehead atoms. The molecule has 31 heavy (non-hydrogen) atoms. The van der Waals surface area contributed by atoms with Gasteiger partial charge in [0.2, 0.25) is 5.88 Å². The van der Waals surface area contributed by atoms with Crippen LogP contribution in [-0.2, 0) is 9.47 Å². The van der Waals surface area contributed by atoms with Gasteiger partial charge in [-0.05, 0) is 56.6 Å². The van der Waals surface area contributed by atoms with Gasteiger partial charge in [0.05, 0.1) is 19.4 Å². The molecule has 1 amide bonds. The first-order chi connectivity index (χ1) is 15.0. The Hall–Kier alpha value is -1.93. The Morgan fingerprint density at radius 1 is 1.32 bits per heavy atom. The third-order valence-corrected chi connectivity index (χ3v) is 5.71. The summed E-state index contributed by atoms with van der Waals surface area (Å²) < 4.78 is 29.0. The van der Waals surface area contributed by atoms with E-state index in [1.54, 1.807) is 13.2 Å². The van der Waals surface area contributed by atoms with Gasteiger partial charge >= 0.3 is 0 Å². The summed E-state index contributed by atoms with van der Waals surface area (Å²) in [5.74, 6) is 1.18. The first kappa shape index (κ1) is 23.7. The van der Waals surface area contributed by atoms with Crippen molar-refractivity contribution >= 4 is 11.6 Å². The van der Waals surface area contributed by atoms with Gasteiger partial charge in [0.1, 0.15) is 11.4 Å². The van der Waals surface area contributed by atoms with E-state index in [-0.39, 0.29) is 30.6 Å². The fourth-order valence-electron chi connectivity index (χ4n) is 3.64. The van der Waals surface area contributed by atoms with E-state index in [4.69, 9.17) is 14.2 Å². The van der Waals surface area contributed by atoms with E-state index >= 15 is 0 Å². The molecule has 2 aliphatic rings. The highest BCUT2D eigenvalue weighted by molar-refractivity contribution is 5.93. The Kier molecular flexibility index (Phi) is 8.90. The molecule has 2 fully saturated rings. The van der Waals surface area contributed by atoms with Gasteiger partial charge in [0.15, 0.2) is 0 Å². The van der Waals surface area contributed by atoms with E-state index in [1.165, 1.54) is 12.8 Å². The molecule has 0 radical (unpaired) electrons. The van der Waals surface area contributed by atoms with E-state index in [2.05, 4.69) is 22.1 Å². The van der Waals surface area contributed by atoms with Crippen molar-refractivity contribution in [2.45, 2.75) is 51.7 Å². The van der Waals surface area contributed by atoms with Gasteiger partial charge in [-0.3, -0.25) is 9.18 Å². The lowest BCUT2D eigenvalue weighted by Gasteiger charge is -2.40. The zero-order valence-electron chi connectivity index (χ0n) is 18.9. The van der Waals surface area contributed by atoms with E-state index in [1.807, 2.05) is 13.0 Å². The largest absolute Gasteiger partial charge is 0.476 e. The standard InChI is InChI=1S/C23H36FN3O4/c1-16(14-30-10-4-9-24)11-17(2)25-22(28)20-7-8-21(27-12-19(13-27)29-3)23(26-20)31-15-18-5-6-18/h7-8,16-19H,4-6,9-15H2,1-3H3,(H,25,28)/t16?,17-/m0/s1. The summed E-state index contributed by atoms with van der Waals surface area (Å²) in [4.78, 5) is 19.5. The Morgan fingerprint density at radius 3 is 2.77 bits per heavy atom. The van der Waals surface area contributed by atoms with Crippen LogP contribution >= 0.6 is 0 Å². The van der Waals surface area contributed by atoms with E-state index < -0.39 is 0 Å². The van der Waals surface area contributed by atoms with Crippen LogP contribution in [0, 0.1) is 11.8 Å². The summed E-state index contributed by atoms with van der Waals surface area (Å²) in [6.07, 6.45) is 3.81. The number of amides is 1. The Balaban J connectivity index is 1.55. The van der Waals surface area contributed by atoms with Crippen molar-refractivity contribution in [3.05, 3.63) is 17.8 Å². The zero-order valence-corrected chi connectivity index (χ0v) is 18.9. The number of alkyl halides is 1. The number of carbonyl (C=O) groups is 1. The van der Waals surface area contributed by atoms with Gasteiger partial charge in [-0.25, -0.2) is 4.98 Å². The molecule has 7 nitrogen and oxygen atoms in total. The molecule has 1 aliphatic heterocycles. The predicted molar refractivity (Wildman–Crippen MR) is 118 cm³/mol. The number of nitrogens with one attached hydrogen (secondary N) is 1. The van der Waals surface area contributed by atoms with Crippen molar-refractivity contribution in [2.24, 2.45) is 11.8 Å². The van der Waals surface area contributed by atoms with E-state index in [0.29, 0.717) is 43.7 Å². The van der Waals surface area contributed by atoms with Gasteiger partial charge in [0.25, 0.3) is 5.91 Å². The molecule has 174 valence electrons. The van der Waals surface area contributed by atoms with Crippen LogP contribution in [0.15, 0.2) is 12.1 Å². The molecule has 1 aliphatic carbocycles. The van der Waals surface area contributed by atoms with Gasteiger partial charge in [-0.1, -0.05) is 6.92 Å². The van der Waals surface area contributed by atoms with Crippen LogP contribution in [0.4, 0.5) is 10.1 Å². The second-order valence-electron chi connectivity index (χ2n) is 8.87. The second kappa shape index (κ2) is 11.6. The average molecular weight is 438 g/mol. The summed E-state index contributed by atoms with van der Waals surface area (Å²) in [5, 5.41) is 3.02. The van der Waals surface area contributed by atoms with Gasteiger partial charge in [-0.2, -0.15) is 0 Å². The summed E-state index contributed by atoms with van der Waals surface area (Å²) in [7, 11) is 1.72. The minimum Gasteiger partial charge on any atom is -0.476 e. The maximum Gasteiger partial charge on any atom is 0.270 e. The highest BCUT2D eigenvalue weighted by atomic mass is 19.1. The Labute approximate surface area is 184 Å². The van der Waals surface area contributed by atoms with Crippen molar-refractivity contribution in [3.63, 3.8) is 0 Å². The topological polar surface area (TPSA) is 72.9 Å². The molecule has 1 unspecified atom stereocenters. The molecule has 8 heteroatoms. The number of carbonyl (C=O) groups excluding carboxylic acids is 1. The van der Waals surface area contributed by atoms with Crippen molar-refractivity contribution in [1.29, 1.82) is 0 Å². The average Bonchev–Trinajstić information content (AvgIpc) is 3.54. The summed E-state index contributed by atoms with van der Waals surface area (Å²) in [5.41, 5.74) is 1.27. The molecule has 1 aromatic heterocycles. The van der Waals surface area contributed by atoms with Crippen molar-refractivity contribution in [1.82, 2.24) is 10.3 Å². The first-order valence-electron chi connectivity index (χ1n) is 11.4. The third-order valence-electron chi connectivity index (χ3n) is 5.71. The monoisotopic (exact) mass is 437 g/mol. The van der Waals surface area contributed by atoms with Crippen LogP contribution < -0.4 is 15.0 Å². The highest BCUT2D eigenvalue weighted by Gasteiger charge is 2.31. The lowest BCUT2D eigenvalue weighted by molar-refractivity contribution is 0.0782. The third kappa shape index (κ3) is 7.31. The first-order valence-corrected chi connectivity index (χ1v) is 11.4. The van der Waals surface area contributed by atoms with Crippen LogP contribution in [0.1, 0.15) is 50.0 Å². The van der Waals surface area contributed by atoms with E-state index in [0.717, 1.165) is 25.2 Å². The zero-order chi connectivity index (χ0) is 22.2. The number of anilines is 1. The predicted octanol–water partition coefficient (Wildman–Crippen LogP) is 3.23. The molecule has 0 spiro atoms. The second-order valence-corrected chi connectivity index (χ2v) is 8.87. The Morgan fingerprint density at radius 2 is 2.10 bits per heavy atom. The van der Waals surface area contributed by atoms with Gasteiger partial charge in [-0.15, -0.1) is 0 Å².